The van der Waals surface area contributed by atoms with Gasteiger partial charge in [0.05, 0.1) is 0 Å². The first-order valence-corrected chi connectivity index (χ1v) is 6.47. The highest BCUT2D eigenvalue weighted by Gasteiger charge is 2.18. The van der Waals surface area contributed by atoms with E-state index in [-0.39, 0.29) is 0 Å². The minimum Gasteiger partial charge on any atom is -0.365 e. The number of hydrogen-bond acceptors (Lipinski definition) is 5. The molecule has 1 aliphatic rings. The van der Waals surface area contributed by atoms with Crippen molar-refractivity contribution < 1.29 is 0 Å². The molecule has 1 unspecified atom stereocenters. The molecule has 0 aromatic carbocycles. The lowest BCUT2D eigenvalue weighted by Gasteiger charge is -2.24. The fraction of sp³-hybridized carbons (Fsp3) is 0.583. The predicted molar refractivity (Wildman–Crippen MR) is 69.5 cm³/mol. The van der Waals surface area contributed by atoms with Crippen LogP contribution < -0.4 is 5.32 Å². The molecule has 3 heterocycles. The van der Waals surface area contributed by atoms with Crippen molar-refractivity contribution in [1.82, 2.24) is 24.5 Å². The second-order valence-corrected chi connectivity index (χ2v) is 4.81. The molecule has 1 aliphatic heterocycles. The van der Waals surface area contributed by atoms with Crippen LogP contribution in [0.3, 0.4) is 0 Å². The van der Waals surface area contributed by atoms with Gasteiger partial charge < -0.3 is 5.32 Å². The fourth-order valence-electron chi connectivity index (χ4n) is 2.44. The Morgan fingerprint density at radius 3 is 3.06 bits per heavy atom. The molecule has 1 fully saturated rings. The van der Waals surface area contributed by atoms with Gasteiger partial charge in [0.2, 0.25) is 5.65 Å². The second-order valence-electron chi connectivity index (χ2n) is 4.81. The van der Waals surface area contributed by atoms with Gasteiger partial charge >= 0.3 is 0 Å². The van der Waals surface area contributed by atoms with Gasteiger partial charge in [-0.3, -0.25) is 9.30 Å². The summed E-state index contributed by atoms with van der Waals surface area (Å²) in [5, 5.41) is 11.3. The molecule has 0 radical (unpaired) electrons. The zero-order valence-corrected chi connectivity index (χ0v) is 10.6. The van der Waals surface area contributed by atoms with E-state index in [0.29, 0.717) is 6.04 Å². The van der Waals surface area contributed by atoms with Crippen LogP contribution in [0.4, 0.5) is 5.82 Å². The second kappa shape index (κ2) is 4.89. The van der Waals surface area contributed by atoms with Crippen LogP contribution in [0.25, 0.3) is 5.65 Å². The number of likely N-dealkylation sites (tertiary alicyclic amines) is 1. The molecule has 1 atom stereocenters. The zero-order valence-electron chi connectivity index (χ0n) is 10.6. The molecule has 2 aromatic heterocycles. The fourth-order valence-corrected chi connectivity index (χ4v) is 2.44. The normalized spacial score (nSPS) is 18.3. The maximum Gasteiger partial charge on any atom is 0.203 e. The number of nitrogens with one attached hydrogen (secondary N) is 1. The third kappa shape index (κ3) is 2.15. The molecular formula is C12H18N6. The van der Waals surface area contributed by atoms with E-state index < -0.39 is 0 Å². The van der Waals surface area contributed by atoms with Crippen molar-refractivity contribution in [3.8, 4) is 0 Å². The summed E-state index contributed by atoms with van der Waals surface area (Å²) >= 11 is 0. The van der Waals surface area contributed by atoms with Crippen LogP contribution in [0, 0.1) is 0 Å². The van der Waals surface area contributed by atoms with E-state index in [0.717, 1.165) is 18.0 Å². The van der Waals surface area contributed by atoms with Crippen LogP contribution in [-0.2, 0) is 0 Å². The average Bonchev–Trinajstić information content (AvgIpc) is 3.05. The molecule has 6 heteroatoms. The number of aromatic nitrogens is 4. The van der Waals surface area contributed by atoms with Crippen molar-refractivity contribution in [2.24, 2.45) is 0 Å². The first-order valence-electron chi connectivity index (χ1n) is 6.47. The first-order chi connectivity index (χ1) is 8.84. The molecule has 0 saturated carbocycles. The summed E-state index contributed by atoms with van der Waals surface area (Å²) in [5.41, 5.74) is 0.783. The van der Waals surface area contributed by atoms with Gasteiger partial charge in [0.15, 0.2) is 5.82 Å². The van der Waals surface area contributed by atoms with E-state index in [9.17, 15) is 0 Å². The van der Waals surface area contributed by atoms with Crippen LogP contribution in [0.15, 0.2) is 18.7 Å². The predicted octanol–water partition coefficient (Wildman–Crippen LogP) is 1.02. The molecule has 6 nitrogen and oxygen atoms in total. The van der Waals surface area contributed by atoms with E-state index in [1.54, 1.807) is 12.5 Å². The number of anilines is 1. The first kappa shape index (κ1) is 11.4. The Bertz CT molecular complexity index is 516. The number of nitrogens with zero attached hydrogens (tertiary/aromatic N) is 5. The van der Waals surface area contributed by atoms with E-state index >= 15 is 0 Å². The van der Waals surface area contributed by atoms with Crippen molar-refractivity contribution in [3.05, 3.63) is 18.7 Å². The highest BCUT2D eigenvalue weighted by molar-refractivity contribution is 5.61. The SMILES string of the molecule is CC(CNc1nccn2cnnc12)N1CCCC1. The maximum absolute atomic E-state index is 4.32. The Morgan fingerprint density at radius 1 is 1.39 bits per heavy atom. The van der Waals surface area contributed by atoms with Gasteiger partial charge in [-0.15, -0.1) is 10.2 Å². The standard InChI is InChI=1S/C12H18N6/c1-10(17-5-2-3-6-17)8-14-11-12-16-15-9-18(12)7-4-13-11/h4,7,9-10H,2-3,5-6,8H2,1H3,(H,13,14). The summed E-state index contributed by atoms with van der Waals surface area (Å²) in [4.78, 5) is 6.84. The van der Waals surface area contributed by atoms with Gasteiger partial charge in [0.25, 0.3) is 0 Å². The van der Waals surface area contributed by atoms with Crippen molar-refractivity contribution >= 4 is 11.5 Å². The summed E-state index contributed by atoms with van der Waals surface area (Å²) in [7, 11) is 0. The van der Waals surface area contributed by atoms with Crippen LogP contribution in [0.1, 0.15) is 19.8 Å². The molecule has 18 heavy (non-hydrogen) atoms. The molecule has 1 N–H and O–H groups in total. The number of fused-ring (bicyclic) bond motifs is 1. The molecule has 0 bridgehead atoms. The minimum atomic E-state index is 0.525. The summed E-state index contributed by atoms with van der Waals surface area (Å²) in [6.07, 6.45) is 7.94. The van der Waals surface area contributed by atoms with Crippen LogP contribution in [-0.4, -0.2) is 50.2 Å². The highest BCUT2D eigenvalue weighted by atomic mass is 15.3. The molecule has 0 amide bonds. The quantitative estimate of drug-likeness (QED) is 0.873. The Labute approximate surface area is 106 Å². The van der Waals surface area contributed by atoms with Gasteiger partial charge in [0.1, 0.15) is 6.33 Å². The Kier molecular flexibility index (Phi) is 3.10. The summed E-state index contributed by atoms with van der Waals surface area (Å²) in [6, 6.07) is 0.525. The van der Waals surface area contributed by atoms with E-state index in [1.165, 1.54) is 25.9 Å². The van der Waals surface area contributed by atoms with Crippen LogP contribution in [0.5, 0.6) is 0 Å². The Morgan fingerprint density at radius 2 is 2.22 bits per heavy atom. The van der Waals surface area contributed by atoms with Gasteiger partial charge in [-0.2, -0.15) is 0 Å². The smallest absolute Gasteiger partial charge is 0.203 e. The van der Waals surface area contributed by atoms with Gasteiger partial charge in [-0.05, 0) is 32.9 Å². The largest absolute Gasteiger partial charge is 0.365 e. The average molecular weight is 246 g/mol. The lowest BCUT2D eigenvalue weighted by atomic mass is 10.3. The number of rotatable bonds is 4. The monoisotopic (exact) mass is 246 g/mol. The third-order valence-electron chi connectivity index (χ3n) is 3.54. The highest BCUT2D eigenvalue weighted by Crippen LogP contribution is 2.13. The van der Waals surface area contributed by atoms with Crippen molar-refractivity contribution in [1.29, 1.82) is 0 Å². The third-order valence-corrected chi connectivity index (χ3v) is 3.54. The Hall–Kier alpha value is -1.69. The lowest BCUT2D eigenvalue weighted by molar-refractivity contribution is 0.269. The lowest BCUT2D eigenvalue weighted by Crippen LogP contribution is -2.35. The van der Waals surface area contributed by atoms with Gasteiger partial charge in [-0.25, -0.2) is 4.98 Å². The molecule has 2 aromatic rings. The molecule has 1 saturated heterocycles. The summed E-state index contributed by atoms with van der Waals surface area (Å²) < 4.78 is 1.87. The van der Waals surface area contributed by atoms with Gasteiger partial charge in [-0.1, -0.05) is 0 Å². The molecule has 0 spiro atoms. The van der Waals surface area contributed by atoms with E-state index in [1.807, 2.05) is 10.6 Å². The number of hydrogen-bond donors (Lipinski definition) is 1. The maximum atomic E-state index is 4.32. The summed E-state index contributed by atoms with van der Waals surface area (Å²) in [6.45, 7) is 5.57. The Balaban J connectivity index is 1.67. The molecular weight excluding hydrogens is 228 g/mol. The topological polar surface area (TPSA) is 58.4 Å². The van der Waals surface area contributed by atoms with Crippen molar-refractivity contribution in [2.75, 3.05) is 25.0 Å². The van der Waals surface area contributed by atoms with E-state index in [4.69, 9.17) is 0 Å². The van der Waals surface area contributed by atoms with Gasteiger partial charge in [0, 0.05) is 25.0 Å². The van der Waals surface area contributed by atoms with E-state index in [2.05, 4.69) is 32.3 Å². The molecule has 3 rings (SSSR count). The minimum absolute atomic E-state index is 0.525. The van der Waals surface area contributed by atoms with Crippen LogP contribution in [0.2, 0.25) is 0 Å². The van der Waals surface area contributed by atoms with Crippen molar-refractivity contribution in [2.45, 2.75) is 25.8 Å². The molecule has 96 valence electrons. The zero-order chi connectivity index (χ0) is 12.4. The summed E-state index contributed by atoms with van der Waals surface area (Å²) in [5.74, 6) is 0.807. The van der Waals surface area contributed by atoms with Crippen molar-refractivity contribution in [3.63, 3.8) is 0 Å². The van der Waals surface area contributed by atoms with Crippen LogP contribution >= 0.6 is 0 Å². The molecule has 0 aliphatic carbocycles.